The molecule has 4 rings (SSSR count). The maximum Gasteiger partial charge on any atom is 0.262 e. The molecule has 2 aromatic heterocycles. The molecule has 2 heterocycles. The first-order chi connectivity index (χ1) is 13.9. The van der Waals surface area contributed by atoms with Gasteiger partial charge in [0.15, 0.2) is 0 Å². The Morgan fingerprint density at radius 3 is 2.41 bits per heavy atom. The summed E-state index contributed by atoms with van der Waals surface area (Å²) >= 11 is 1.49. The summed E-state index contributed by atoms with van der Waals surface area (Å²) in [5, 5.41) is 3.48. The number of benzene rings is 2. The van der Waals surface area contributed by atoms with Crippen molar-refractivity contribution in [3.63, 3.8) is 0 Å². The number of amides is 1. The Morgan fingerprint density at radius 1 is 1.03 bits per heavy atom. The number of fused-ring (bicyclic) bond motifs is 1. The molecule has 1 amide bonds. The molecule has 2 aromatic carbocycles. The monoisotopic (exact) mass is 403 g/mol. The largest absolute Gasteiger partial charge is 0.324 e. The molecule has 0 aliphatic rings. The van der Waals surface area contributed by atoms with Gasteiger partial charge in [0.25, 0.3) is 5.56 Å². The molecule has 6 heteroatoms. The maximum atomic E-state index is 13.1. The molecular weight excluding hydrogens is 382 g/mol. The summed E-state index contributed by atoms with van der Waals surface area (Å²) in [5.41, 5.74) is 3.62. The van der Waals surface area contributed by atoms with Gasteiger partial charge in [-0.25, -0.2) is 4.98 Å². The Hall–Kier alpha value is -3.25. The van der Waals surface area contributed by atoms with Crippen LogP contribution in [0.4, 0.5) is 5.69 Å². The van der Waals surface area contributed by atoms with Crippen molar-refractivity contribution in [3.05, 3.63) is 81.9 Å². The lowest BCUT2D eigenvalue weighted by Gasteiger charge is -2.13. The number of para-hydroxylation sites is 1. The van der Waals surface area contributed by atoms with E-state index >= 15 is 0 Å². The van der Waals surface area contributed by atoms with Crippen LogP contribution < -0.4 is 10.9 Å². The lowest BCUT2D eigenvalue weighted by molar-refractivity contribution is -0.116. The van der Waals surface area contributed by atoms with Crippen molar-refractivity contribution in [2.75, 3.05) is 5.32 Å². The second kappa shape index (κ2) is 7.64. The lowest BCUT2D eigenvalue weighted by Crippen LogP contribution is -2.30. The molecule has 0 radical (unpaired) electrons. The maximum absolute atomic E-state index is 13.1. The first-order valence-electron chi connectivity index (χ1n) is 9.36. The summed E-state index contributed by atoms with van der Waals surface area (Å²) in [7, 11) is 0. The highest BCUT2D eigenvalue weighted by molar-refractivity contribution is 7.21. The van der Waals surface area contributed by atoms with E-state index in [4.69, 9.17) is 0 Å². The Labute approximate surface area is 172 Å². The van der Waals surface area contributed by atoms with Crippen molar-refractivity contribution in [1.29, 1.82) is 0 Å². The van der Waals surface area contributed by atoms with Crippen LogP contribution in [0.1, 0.15) is 17.0 Å². The molecule has 0 fully saturated rings. The van der Waals surface area contributed by atoms with E-state index in [0.29, 0.717) is 16.0 Å². The highest BCUT2D eigenvalue weighted by atomic mass is 32.1. The summed E-state index contributed by atoms with van der Waals surface area (Å²) in [6.07, 6.45) is 0. The van der Waals surface area contributed by atoms with Crippen LogP contribution in [0.2, 0.25) is 0 Å². The zero-order valence-electron chi connectivity index (χ0n) is 16.5. The molecule has 0 atom stereocenters. The average Bonchev–Trinajstić information content (AvgIpc) is 3.13. The van der Waals surface area contributed by atoms with E-state index in [1.807, 2.05) is 68.4 Å². The third kappa shape index (κ3) is 3.71. The molecule has 29 heavy (non-hydrogen) atoms. The molecule has 4 aromatic rings. The zero-order chi connectivity index (χ0) is 20.5. The molecule has 0 aliphatic carbocycles. The topological polar surface area (TPSA) is 64.0 Å². The number of carbonyl (C=O) groups excluding carboxylic acids is 1. The van der Waals surface area contributed by atoms with Gasteiger partial charge in [0.1, 0.15) is 17.2 Å². The van der Waals surface area contributed by atoms with Crippen LogP contribution >= 0.6 is 11.3 Å². The number of aryl methyl sites for hydroxylation is 3. The van der Waals surface area contributed by atoms with Gasteiger partial charge in [-0.15, -0.1) is 11.3 Å². The number of nitrogens with one attached hydrogen (secondary N) is 1. The van der Waals surface area contributed by atoms with Crippen LogP contribution in [0, 0.1) is 20.8 Å². The van der Waals surface area contributed by atoms with Crippen LogP contribution in [0.5, 0.6) is 0 Å². The van der Waals surface area contributed by atoms with Gasteiger partial charge in [-0.1, -0.05) is 48.5 Å². The van der Waals surface area contributed by atoms with Crippen LogP contribution in [-0.2, 0) is 11.3 Å². The molecule has 0 aliphatic heterocycles. The number of anilines is 1. The van der Waals surface area contributed by atoms with Gasteiger partial charge in [-0.2, -0.15) is 0 Å². The molecule has 1 N–H and O–H groups in total. The molecular formula is C23H21N3O2S. The zero-order valence-corrected chi connectivity index (χ0v) is 17.3. The van der Waals surface area contributed by atoms with E-state index in [0.717, 1.165) is 27.3 Å². The third-order valence-corrected chi connectivity index (χ3v) is 6.03. The second-order valence-electron chi connectivity index (χ2n) is 7.06. The molecule has 0 saturated carbocycles. The van der Waals surface area contributed by atoms with E-state index < -0.39 is 0 Å². The molecule has 146 valence electrons. The van der Waals surface area contributed by atoms with Gasteiger partial charge >= 0.3 is 0 Å². The number of nitrogens with zero attached hydrogens (tertiary/aromatic N) is 2. The Morgan fingerprint density at radius 2 is 1.72 bits per heavy atom. The minimum Gasteiger partial charge on any atom is -0.324 e. The van der Waals surface area contributed by atoms with Crippen LogP contribution in [0.3, 0.4) is 0 Å². The first kappa shape index (κ1) is 19.1. The summed E-state index contributed by atoms with van der Waals surface area (Å²) in [4.78, 5) is 32.0. The van der Waals surface area contributed by atoms with E-state index in [-0.39, 0.29) is 18.0 Å². The van der Waals surface area contributed by atoms with Gasteiger partial charge < -0.3 is 5.32 Å². The highest BCUT2D eigenvalue weighted by Crippen LogP contribution is 2.31. The quantitative estimate of drug-likeness (QED) is 0.538. The molecule has 0 spiro atoms. The van der Waals surface area contributed by atoms with Gasteiger partial charge in [0.05, 0.1) is 5.39 Å². The molecule has 0 saturated heterocycles. The standard InChI is InChI=1S/C23H21N3O2S/c1-14-8-7-9-15(2)21(14)25-20(27)13-26-16(3)24-22-18(23(26)28)12-19(29-22)17-10-5-4-6-11-17/h4-12H,13H2,1-3H3,(H,25,27). The number of hydrogen-bond acceptors (Lipinski definition) is 4. The van der Waals surface area contributed by atoms with Crippen LogP contribution in [0.15, 0.2) is 59.4 Å². The summed E-state index contributed by atoms with van der Waals surface area (Å²) in [5.74, 6) is 0.285. The first-order valence-corrected chi connectivity index (χ1v) is 10.2. The van der Waals surface area contributed by atoms with E-state index in [1.54, 1.807) is 6.92 Å². The number of thiophene rings is 1. The average molecular weight is 404 g/mol. The van der Waals surface area contributed by atoms with Crippen molar-refractivity contribution < 1.29 is 4.79 Å². The van der Waals surface area contributed by atoms with Crippen molar-refractivity contribution in [3.8, 4) is 10.4 Å². The van der Waals surface area contributed by atoms with E-state index in [2.05, 4.69) is 10.3 Å². The second-order valence-corrected chi connectivity index (χ2v) is 8.09. The van der Waals surface area contributed by atoms with Gasteiger partial charge in [0, 0.05) is 10.6 Å². The smallest absolute Gasteiger partial charge is 0.262 e. The lowest BCUT2D eigenvalue weighted by atomic mass is 10.1. The number of rotatable bonds is 4. The minimum atomic E-state index is -0.243. The van der Waals surface area contributed by atoms with Crippen LogP contribution in [0.25, 0.3) is 20.7 Å². The predicted molar refractivity (Wildman–Crippen MR) is 119 cm³/mol. The van der Waals surface area contributed by atoms with Crippen LogP contribution in [-0.4, -0.2) is 15.5 Å². The van der Waals surface area contributed by atoms with E-state index in [9.17, 15) is 9.59 Å². The summed E-state index contributed by atoms with van der Waals surface area (Å²) in [6.45, 7) is 5.58. The number of carbonyl (C=O) groups is 1. The van der Waals surface area contributed by atoms with Gasteiger partial charge in [-0.05, 0) is 43.5 Å². The third-order valence-electron chi connectivity index (χ3n) is 4.95. The SMILES string of the molecule is Cc1cccc(C)c1NC(=O)Cn1c(C)nc2sc(-c3ccccc3)cc2c1=O. The fourth-order valence-electron chi connectivity index (χ4n) is 3.38. The summed E-state index contributed by atoms with van der Waals surface area (Å²) in [6, 6.07) is 17.6. The van der Waals surface area contributed by atoms with Crippen molar-refractivity contribution in [2.45, 2.75) is 27.3 Å². The predicted octanol–water partition coefficient (Wildman–Crippen LogP) is 4.69. The number of hydrogen-bond donors (Lipinski definition) is 1. The van der Waals surface area contributed by atoms with Crippen molar-refractivity contribution >= 4 is 33.1 Å². The Bertz CT molecular complexity index is 1250. The fourth-order valence-corrected chi connectivity index (χ4v) is 4.46. The normalized spacial score (nSPS) is 11.0. The van der Waals surface area contributed by atoms with E-state index in [1.165, 1.54) is 15.9 Å². The fraction of sp³-hybridized carbons (Fsp3) is 0.174. The Kier molecular flexibility index (Phi) is 5.03. The summed E-state index contributed by atoms with van der Waals surface area (Å²) < 4.78 is 1.44. The van der Waals surface area contributed by atoms with Gasteiger partial charge in [0.2, 0.25) is 5.91 Å². The highest BCUT2D eigenvalue weighted by Gasteiger charge is 2.16. The van der Waals surface area contributed by atoms with Gasteiger partial charge in [-0.3, -0.25) is 14.2 Å². The molecule has 5 nitrogen and oxygen atoms in total. The molecule has 0 unspecified atom stereocenters. The minimum absolute atomic E-state index is 0.0715. The van der Waals surface area contributed by atoms with Crippen molar-refractivity contribution in [2.24, 2.45) is 0 Å². The Balaban J connectivity index is 1.67. The number of aromatic nitrogens is 2. The van der Waals surface area contributed by atoms with Crippen molar-refractivity contribution in [1.82, 2.24) is 9.55 Å². The molecule has 0 bridgehead atoms.